The topological polar surface area (TPSA) is 96.5 Å². The van der Waals surface area contributed by atoms with E-state index in [1.807, 2.05) is 29.7 Å². The number of carbonyl (C=O) groups excluding carboxylic acids is 1. The second-order valence-electron chi connectivity index (χ2n) is 5.84. The summed E-state index contributed by atoms with van der Waals surface area (Å²) < 4.78 is 1.96. The van der Waals surface area contributed by atoms with Crippen LogP contribution < -0.4 is 5.32 Å². The number of halogens is 1. The molecule has 9 heteroatoms. The monoisotopic (exact) mass is 412 g/mol. The summed E-state index contributed by atoms with van der Waals surface area (Å²) in [5.74, 6) is 0.542. The molecule has 1 atom stereocenters. The average molecular weight is 413 g/mol. The molecule has 0 aliphatic rings. The van der Waals surface area contributed by atoms with Gasteiger partial charge in [0.2, 0.25) is 5.91 Å². The Labute approximate surface area is 171 Å². The maximum Gasteiger partial charge on any atom is 0.237 e. The van der Waals surface area contributed by atoms with Gasteiger partial charge in [-0.15, -0.1) is 10.2 Å². The maximum atomic E-state index is 12.6. The highest BCUT2D eigenvalue weighted by Gasteiger charge is 2.20. The highest BCUT2D eigenvalue weighted by molar-refractivity contribution is 8.00. The van der Waals surface area contributed by atoms with Crippen molar-refractivity contribution in [2.75, 3.05) is 5.32 Å². The Hall–Kier alpha value is -2.89. The molecule has 0 fully saturated rings. The van der Waals surface area contributed by atoms with Gasteiger partial charge in [0.15, 0.2) is 11.0 Å². The molecule has 0 bridgehead atoms. The molecule has 3 aromatic rings. The molecule has 0 radical (unpaired) electrons. The van der Waals surface area contributed by atoms with Crippen LogP contribution in [0.2, 0.25) is 5.02 Å². The third-order valence-electron chi connectivity index (χ3n) is 3.98. The first-order valence-electron chi connectivity index (χ1n) is 8.54. The van der Waals surface area contributed by atoms with E-state index < -0.39 is 5.25 Å². The number of amides is 1. The number of hydrogen-bond donors (Lipinski definition) is 1. The molecule has 1 amide bonds. The first-order valence-corrected chi connectivity index (χ1v) is 9.80. The van der Waals surface area contributed by atoms with Gasteiger partial charge in [-0.3, -0.25) is 9.78 Å². The fraction of sp³-hybridized carbons (Fsp3) is 0.211. The van der Waals surface area contributed by atoms with Crippen molar-refractivity contribution in [2.45, 2.75) is 30.8 Å². The van der Waals surface area contributed by atoms with E-state index >= 15 is 0 Å². The largest absolute Gasteiger partial charge is 0.325 e. The van der Waals surface area contributed by atoms with Crippen LogP contribution in [0.3, 0.4) is 0 Å². The fourth-order valence-corrected chi connectivity index (χ4v) is 3.65. The predicted molar refractivity (Wildman–Crippen MR) is 109 cm³/mol. The van der Waals surface area contributed by atoms with Crippen molar-refractivity contribution in [1.82, 2.24) is 19.7 Å². The normalized spacial score (nSPS) is 11.6. The van der Waals surface area contributed by atoms with Crippen molar-refractivity contribution >= 4 is 35.0 Å². The Kier molecular flexibility index (Phi) is 6.29. The molecule has 0 aliphatic heterocycles. The van der Waals surface area contributed by atoms with E-state index in [1.54, 1.807) is 37.5 Å². The van der Waals surface area contributed by atoms with E-state index in [1.165, 1.54) is 11.8 Å². The number of hydrogen-bond acceptors (Lipinski definition) is 6. The molecule has 2 heterocycles. The zero-order chi connectivity index (χ0) is 20.1. The summed E-state index contributed by atoms with van der Waals surface area (Å²) in [7, 11) is 0. The molecule has 1 N–H and O–H groups in total. The minimum Gasteiger partial charge on any atom is -0.325 e. The molecule has 0 saturated heterocycles. The Morgan fingerprint density at radius 2 is 2.07 bits per heavy atom. The summed E-state index contributed by atoms with van der Waals surface area (Å²) in [5.41, 5.74) is 1.82. The smallest absolute Gasteiger partial charge is 0.237 e. The van der Waals surface area contributed by atoms with Gasteiger partial charge in [0.05, 0.1) is 15.8 Å². The number of aromatic nitrogens is 4. The molecular formula is C19H17ClN6OS. The SMILES string of the molecule is CCn1c(SC(C)C(=O)Nc2ccc(C#N)c(Cl)c2)nnc1-c1ccncc1. The first-order chi connectivity index (χ1) is 13.5. The van der Waals surface area contributed by atoms with E-state index in [0.717, 1.165) is 11.4 Å². The number of carbonyl (C=O) groups is 1. The third-order valence-corrected chi connectivity index (χ3v) is 5.37. The van der Waals surface area contributed by atoms with Crippen LogP contribution in [0, 0.1) is 11.3 Å². The van der Waals surface area contributed by atoms with Crippen LogP contribution in [0.5, 0.6) is 0 Å². The molecule has 0 aliphatic carbocycles. The lowest BCUT2D eigenvalue weighted by Crippen LogP contribution is -2.23. The lowest BCUT2D eigenvalue weighted by Gasteiger charge is -2.13. The predicted octanol–water partition coefficient (Wildman–Crippen LogP) is 4.00. The second-order valence-corrected chi connectivity index (χ2v) is 7.56. The second kappa shape index (κ2) is 8.87. The van der Waals surface area contributed by atoms with E-state index in [-0.39, 0.29) is 5.91 Å². The summed E-state index contributed by atoms with van der Waals surface area (Å²) in [6.45, 7) is 4.47. The van der Waals surface area contributed by atoms with Crippen molar-refractivity contribution in [3.8, 4) is 17.5 Å². The Morgan fingerprint density at radius 3 is 2.71 bits per heavy atom. The Morgan fingerprint density at radius 1 is 1.32 bits per heavy atom. The van der Waals surface area contributed by atoms with Crippen molar-refractivity contribution in [2.24, 2.45) is 0 Å². The van der Waals surface area contributed by atoms with Crippen LogP contribution in [0.15, 0.2) is 47.9 Å². The molecule has 0 saturated carbocycles. The summed E-state index contributed by atoms with van der Waals surface area (Å²) in [6.07, 6.45) is 3.41. The number of nitrogens with one attached hydrogen (secondary N) is 1. The molecule has 7 nitrogen and oxygen atoms in total. The van der Waals surface area contributed by atoms with Crippen molar-refractivity contribution in [3.05, 3.63) is 53.3 Å². The van der Waals surface area contributed by atoms with Gasteiger partial charge in [-0.2, -0.15) is 5.26 Å². The number of nitrogens with zero attached hydrogens (tertiary/aromatic N) is 5. The van der Waals surface area contributed by atoms with Crippen molar-refractivity contribution < 1.29 is 4.79 Å². The van der Waals surface area contributed by atoms with Crippen LogP contribution in [0.25, 0.3) is 11.4 Å². The molecular weight excluding hydrogens is 396 g/mol. The summed E-state index contributed by atoms with van der Waals surface area (Å²) in [5, 5.41) is 20.8. The standard InChI is InChI=1S/C19H17ClN6OS/c1-3-26-17(13-6-8-22-9-7-13)24-25-19(26)28-12(2)18(27)23-15-5-4-14(11-21)16(20)10-15/h4-10,12H,3H2,1-2H3,(H,23,27). The first kappa shape index (κ1) is 19.9. The lowest BCUT2D eigenvalue weighted by molar-refractivity contribution is -0.115. The molecule has 1 unspecified atom stereocenters. The maximum absolute atomic E-state index is 12.6. The minimum atomic E-state index is -0.408. The number of thioether (sulfide) groups is 1. The van der Waals surface area contributed by atoms with Crippen LogP contribution in [0.4, 0.5) is 5.69 Å². The Balaban J connectivity index is 1.73. The molecule has 2 aromatic heterocycles. The van der Waals surface area contributed by atoms with Gasteiger partial charge in [0, 0.05) is 30.2 Å². The highest BCUT2D eigenvalue weighted by Crippen LogP contribution is 2.27. The zero-order valence-corrected chi connectivity index (χ0v) is 16.8. The molecule has 28 heavy (non-hydrogen) atoms. The number of pyridine rings is 1. The van der Waals surface area contributed by atoms with Gasteiger partial charge >= 0.3 is 0 Å². The van der Waals surface area contributed by atoms with Gasteiger partial charge in [-0.05, 0) is 44.2 Å². The minimum absolute atomic E-state index is 0.193. The number of rotatable bonds is 6. The Bertz CT molecular complexity index is 1030. The van der Waals surface area contributed by atoms with Crippen LogP contribution >= 0.6 is 23.4 Å². The van der Waals surface area contributed by atoms with Crippen LogP contribution in [0.1, 0.15) is 19.4 Å². The van der Waals surface area contributed by atoms with E-state index in [2.05, 4.69) is 20.5 Å². The quantitative estimate of drug-likeness (QED) is 0.614. The molecule has 3 rings (SSSR count). The summed E-state index contributed by atoms with van der Waals surface area (Å²) in [4.78, 5) is 16.6. The number of nitriles is 1. The van der Waals surface area contributed by atoms with Gasteiger partial charge < -0.3 is 9.88 Å². The van der Waals surface area contributed by atoms with Crippen LogP contribution in [-0.2, 0) is 11.3 Å². The average Bonchev–Trinajstić information content (AvgIpc) is 3.11. The van der Waals surface area contributed by atoms with Gasteiger partial charge in [0.1, 0.15) is 6.07 Å². The summed E-state index contributed by atoms with van der Waals surface area (Å²) >= 11 is 7.34. The van der Waals surface area contributed by atoms with Gasteiger partial charge in [0.25, 0.3) is 0 Å². The van der Waals surface area contributed by atoms with Crippen molar-refractivity contribution in [1.29, 1.82) is 5.26 Å². The highest BCUT2D eigenvalue weighted by atomic mass is 35.5. The van der Waals surface area contributed by atoms with E-state index in [4.69, 9.17) is 16.9 Å². The zero-order valence-electron chi connectivity index (χ0n) is 15.3. The van der Waals surface area contributed by atoms with Crippen LogP contribution in [-0.4, -0.2) is 30.9 Å². The molecule has 142 valence electrons. The van der Waals surface area contributed by atoms with Gasteiger partial charge in [-0.1, -0.05) is 23.4 Å². The third kappa shape index (κ3) is 4.32. The van der Waals surface area contributed by atoms with Crippen molar-refractivity contribution in [3.63, 3.8) is 0 Å². The fourth-order valence-electron chi connectivity index (χ4n) is 2.51. The van der Waals surface area contributed by atoms with E-state index in [9.17, 15) is 4.79 Å². The summed E-state index contributed by atoms with van der Waals surface area (Å²) in [6, 6.07) is 10.5. The number of benzene rings is 1. The molecule has 0 spiro atoms. The van der Waals surface area contributed by atoms with E-state index in [0.29, 0.717) is 28.0 Å². The van der Waals surface area contributed by atoms with Gasteiger partial charge in [-0.25, -0.2) is 0 Å². The molecule has 1 aromatic carbocycles. The lowest BCUT2D eigenvalue weighted by atomic mass is 10.2. The number of anilines is 1.